The largest absolute Gasteiger partial charge is 0.497 e. The number of benzene rings is 2. The van der Waals surface area contributed by atoms with Crippen molar-refractivity contribution in [2.75, 3.05) is 19.0 Å². The Labute approximate surface area is 178 Å². The van der Waals surface area contributed by atoms with Gasteiger partial charge in [-0.2, -0.15) is 5.10 Å². The van der Waals surface area contributed by atoms with Crippen molar-refractivity contribution in [3.05, 3.63) is 59.0 Å². The van der Waals surface area contributed by atoms with Gasteiger partial charge in [0.1, 0.15) is 23.9 Å². The van der Waals surface area contributed by atoms with Crippen LogP contribution in [0.15, 0.2) is 42.6 Å². The van der Waals surface area contributed by atoms with E-state index in [2.05, 4.69) is 10.4 Å². The Morgan fingerprint density at radius 3 is 2.70 bits per heavy atom. The van der Waals surface area contributed by atoms with E-state index in [1.807, 2.05) is 6.92 Å². The van der Waals surface area contributed by atoms with Crippen molar-refractivity contribution < 1.29 is 18.7 Å². The number of halogens is 2. The number of nitrogens with zero attached hydrogens (tertiary/aromatic N) is 2. The molecule has 3 aromatic rings. The summed E-state index contributed by atoms with van der Waals surface area (Å²) < 4.78 is 26.6. The second kappa shape index (κ2) is 9.15. The second-order valence-corrected chi connectivity index (χ2v) is 7.17. The predicted molar refractivity (Wildman–Crippen MR) is 114 cm³/mol. The molecule has 158 valence electrons. The Morgan fingerprint density at radius 2 is 2.10 bits per heavy atom. The summed E-state index contributed by atoms with van der Waals surface area (Å²) >= 11 is 6.31. The van der Waals surface area contributed by atoms with Gasteiger partial charge in [-0.1, -0.05) is 11.6 Å². The molecule has 30 heavy (non-hydrogen) atoms. The molecule has 0 spiro atoms. The third-order valence-electron chi connectivity index (χ3n) is 4.31. The predicted octanol–water partition coefficient (Wildman–Crippen LogP) is 3.87. The molecule has 0 aliphatic carbocycles. The molecular formula is C21H22ClFN4O3. The minimum Gasteiger partial charge on any atom is -0.497 e. The van der Waals surface area contributed by atoms with E-state index >= 15 is 0 Å². The van der Waals surface area contributed by atoms with Gasteiger partial charge in [0.2, 0.25) is 0 Å². The molecule has 1 atom stereocenters. The first-order valence-electron chi connectivity index (χ1n) is 9.15. The van der Waals surface area contributed by atoms with Gasteiger partial charge in [-0.15, -0.1) is 0 Å². The minimum atomic E-state index is -0.682. The SMILES string of the molecule is COc1ccc(C(=O)Nc2ccc(OCC(C)N)c(-c3c(Cl)cnn3C)c2)c(F)c1. The van der Waals surface area contributed by atoms with Gasteiger partial charge in [0.25, 0.3) is 5.91 Å². The maximum absolute atomic E-state index is 14.2. The number of amides is 1. The lowest BCUT2D eigenvalue weighted by Crippen LogP contribution is -2.23. The Hall–Kier alpha value is -3.10. The number of anilines is 1. The van der Waals surface area contributed by atoms with Crippen molar-refractivity contribution in [1.82, 2.24) is 9.78 Å². The molecule has 2 aromatic carbocycles. The molecule has 1 amide bonds. The molecule has 1 unspecified atom stereocenters. The molecule has 0 bridgehead atoms. The zero-order chi connectivity index (χ0) is 21.8. The molecule has 1 heterocycles. The average molecular weight is 433 g/mol. The average Bonchev–Trinajstić information content (AvgIpc) is 3.04. The van der Waals surface area contributed by atoms with E-state index in [0.29, 0.717) is 40.1 Å². The number of nitrogens with one attached hydrogen (secondary N) is 1. The molecule has 7 nitrogen and oxygen atoms in total. The summed E-state index contributed by atoms with van der Waals surface area (Å²) in [6.07, 6.45) is 1.52. The van der Waals surface area contributed by atoms with Crippen LogP contribution in [0.3, 0.4) is 0 Å². The van der Waals surface area contributed by atoms with Crippen molar-refractivity contribution in [3.63, 3.8) is 0 Å². The lowest BCUT2D eigenvalue weighted by Gasteiger charge is -2.16. The monoisotopic (exact) mass is 432 g/mol. The molecule has 0 radical (unpaired) electrons. The van der Waals surface area contributed by atoms with E-state index in [1.54, 1.807) is 29.9 Å². The maximum atomic E-state index is 14.2. The molecule has 3 rings (SSSR count). The summed E-state index contributed by atoms with van der Waals surface area (Å²) in [4.78, 5) is 12.6. The second-order valence-electron chi connectivity index (χ2n) is 6.76. The van der Waals surface area contributed by atoms with E-state index in [4.69, 9.17) is 26.8 Å². The molecule has 0 aliphatic heterocycles. The topological polar surface area (TPSA) is 91.4 Å². The molecule has 0 saturated heterocycles. The van der Waals surface area contributed by atoms with E-state index in [9.17, 15) is 9.18 Å². The summed E-state index contributed by atoms with van der Waals surface area (Å²) in [5, 5.41) is 7.27. The van der Waals surface area contributed by atoms with Gasteiger partial charge in [0, 0.05) is 30.4 Å². The third kappa shape index (κ3) is 4.72. The molecule has 0 aliphatic rings. The Bertz CT molecular complexity index is 1050. The Morgan fingerprint density at radius 1 is 1.33 bits per heavy atom. The quantitative estimate of drug-likeness (QED) is 0.591. The first-order valence-corrected chi connectivity index (χ1v) is 9.53. The van der Waals surface area contributed by atoms with Crippen LogP contribution in [0, 0.1) is 5.82 Å². The normalized spacial score (nSPS) is 11.8. The van der Waals surface area contributed by atoms with Gasteiger partial charge in [0.05, 0.1) is 29.6 Å². The Kier molecular flexibility index (Phi) is 6.59. The van der Waals surface area contributed by atoms with Crippen molar-refractivity contribution in [1.29, 1.82) is 0 Å². The number of hydrogen-bond donors (Lipinski definition) is 2. The van der Waals surface area contributed by atoms with Crippen LogP contribution in [0.4, 0.5) is 10.1 Å². The first-order chi connectivity index (χ1) is 14.3. The number of aromatic nitrogens is 2. The number of aryl methyl sites for hydroxylation is 1. The van der Waals surface area contributed by atoms with Crippen LogP contribution in [0.25, 0.3) is 11.3 Å². The van der Waals surface area contributed by atoms with Crippen molar-refractivity contribution in [3.8, 4) is 22.8 Å². The number of ether oxygens (including phenoxy) is 2. The fourth-order valence-electron chi connectivity index (χ4n) is 2.86. The van der Waals surface area contributed by atoms with Gasteiger partial charge in [0.15, 0.2) is 0 Å². The van der Waals surface area contributed by atoms with E-state index < -0.39 is 11.7 Å². The van der Waals surface area contributed by atoms with E-state index in [0.717, 1.165) is 6.07 Å². The summed E-state index contributed by atoms with van der Waals surface area (Å²) in [6, 6.07) is 8.91. The number of rotatable bonds is 7. The molecule has 9 heteroatoms. The Balaban J connectivity index is 1.94. The van der Waals surface area contributed by atoms with Gasteiger partial charge in [-0.05, 0) is 37.3 Å². The lowest BCUT2D eigenvalue weighted by molar-refractivity contribution is 0.102. The fraction of sp³-hybridized carbons (Fsp3) is 0.238. The number of hydrogen-bond acceptors (Lipinski definition) is 5. The highest BCUT2D eigenvalue weighted by Crippen LogP contribution is 2.36. The number of carbonyl (C=O) groups is 1. The summed E-state index contributed by atoms with van der Waals surface area (Å²) in [7, 11) is 3.17. The van der Waals surface area contributed by atoms with Crippen molar-refractivity contribution in [2.24, 2.45) is 12.8 Å². The van der Waals surface area contributed by atoms with Crippen LogP contribution in [0.2, 0.25) is 5.02 Å². The number of carbonyl (C=O) groups excluding carboxylic acids is 1. The maximum Gasteiger partial charge on any atom is 0.258 e. The van der Waals surface area contributed by atoms with Gasteiger partial charge < -0.3 is 20.5 Å². The van der Waals surface area contributed by atoms with Crippen molar-refractivity contribution in [2.45, 2.75) is 13.0 Å². The van der Waals surface area contributed by atoms with Gasteiger partial charge >= 0.3 is 0 Å². The number of nitrogens with two attached hydrogens (primary N) is 1. The zero-order valence-corrected chi connectivity index (χ0v) is 17.5. The summed E-state index contributed by atoms with van der Waals surface area (Å²) in [5.41, 5.74) is 7.36. The van der Waals surface area contributed by atoms with Crippen LogP contribution >= 0.6 is 11.6 Å². The van der Waals surface area contributed by atoms with E-state index in [-0.39, 0.29) is 11.6 Å². The third-order valence-corrected chi connectivity index (χ3v) is 4.59. The fourth-order valence-corrected chi connectivity index (χ4v) is 3.13. The molecule has 3 N–H and O–H groups in total. The zero-order valence-electron chi connectivity index (χ0n) is 16.8. The molecule has 0 saturated carbocycles. The lowest BCUT2D eigenvalue weighted by atomic mass is 10.1. The highest BCUT2D eigenvalue weighted by atomic mass is 35.5. The minimum absolute atomic E-state index is 0.104. The molecule has 0 fully saturated rings. The highest BCUT2D eigenvalue weighted by Gasteiger charge is 2.18. The van der Waals surface area contributed by atoms with Gasteiger partial charge in [-0.3, -0.25) is 9.48 Å². The molecule has 1 aromatic heterocycles. The van der Waals surface area contributed by atoms with Crippen LogP contribution in [-0.4, -0.2) is 35.4 Å². The number of methoxy groups -OCH3 is 1. The van der Waals surface area contributed by atoms with Crippen LogP contribution in [-0.2, 0) is 7.05 Å². The summed E-state index contributed by atoms with van der Waals surface area (Å²) in [6.45, 7) is 2.12. The van der Waals surface area contributed by atoms with Crippen molar-refractivity contribution >= 4 is 23.2 Å². The molecular weight excluding hydrogens is 411 g/mol. The first kappa shape index (κ1) is 21.6. The van der Waals surface area contributed by atoms with E-state index in [1.165, 1.54) is 25.4 Å². The standard InChI is InChI=1S/C21H22ClFN4O3/c1-12(24)11-30-19-7-4-13(8-16(19)20-17(22)10-25-27(20)2)26-21(28)15-6-5-14(29-3)9-18(15)23/h4-10,12H,11,24H2,1-3H3,(H,26,28). The van der Waals surface area contributed by atoms with Crippen LogP contribution in [0.1, 0.15) is 17.3 Å². The summed E-state index contributed by atoms with van der Waals surface area (Å²) in [5.74, 6) is -0.417. The smallest absolute Gasteiger partial charge is 0.258 e. The van der Waals surface area contributed by atoms with Crippen LogP contribution in [0.5, 0.6) is 11.5 Å². The van der Waals surface area contributed by atoms with Crippen LogP contribution < -0.4 is 20.5 Å². The van der Waals surface area contributed by atoms with Gasteiger partial charge in [-0.25, -0.2) is 4.39 Å². The highest BCUT2D eigenvalue weighted by molar-refractivity contribution is 6.33.